The van der Waals surface area contributed by atoms with E-state index < -0.39 is 18.0 Å². The highest BCUT2D eigenvalue weighted by molar-refractivity contribution is 5.75. The predicted molar refractivity (Wildman–Crippen MR) is 59.7 cm³/mol. The number of rotatable bonds is 5. The Morgan fingerprint density at radius 3 is 2.50 bits per heavy atom. The molecule has 0 aliphatic rings. The minimum atomic E-state index is -1.76. The van der Waals surface area contributed by atoms with Crippen molar-refractivity contribution in [1.29, 1.82) is 5.26 Å². The Bertz CT molecular complexity index is 518. The average molecular weight is 249 g/mol. The van der Waals surface area contributed by atoms with Gasteiger partial charge in [0.05, 0.1) is 11.6 Å². The molecule has 1 aromatic rings. The lowest BCUT2D eigenvalue weighted by atomic mass is 9.98. The van der Waals surface area contributed by atoms with Crippen LogP contribution in [0.1, 0.15) is 29.2 Å². The molecule has 0 bridgehead atoms. The molecule has 0 saturated carbocycles. The number of aliphatic hydroxyl groups excluding tert-OH is 1. The third kappa shape index (κ3) is 3.30. The first kappa shape index (κ1) is 13.7. The fourth-order valence-corrected chi connectivity index (χ4v) is 1.48. The minimum absolute atomic E-state index is 0.00377. The molecule has 94 valence electrons. The van der Waals surface area contributed by atoms with Gasteiger partial charge in [0.25, 0.3) is 0 Å². The molecule has 18 heavy (non-hydrogen) atoms. The van der Waals surface area contributed by atoms with Crippen LogP contribution in [0.5, 0.6) is 0 Å². The molecule has 1 unspecified atom stereocenters. The van der Waals surface area contributed by atoms with E-state index >= 15 is 0 Å². The summed E-state index contributed by atoms with van der Waals surface area (Å²) >= 11 is 0. The third-order valence-corrected chi connectivity index (χ3v) is 2.39. The zero-order chi connectivity index (χ0) is 13.7. The molecular weight excluding hydrogens is 238 g/mol. The van der Waals surface area contributed by atoms with Gasteiger partial charge >= 0.3 is 11.9 Å². The van der Waals surface area contributed by atoms with Crippen molar-refractivity contribution in [3.05, 3.63) is 34.9 Å². The Labute approximate surface area is 103 Å². The highest BCUT2D eigenvalue weighted by Gasteiger charge is 2.19. The minimum Gasteiger partial charge on any atom is -0.481 e. The maximum absolute atomic E-state index is 10.6. The van der Waals surface area contributed by atoms with Crippen molar-refractivity contribution in [2.45, 2.75) is 18.9 Å². The summed E-state index contributed by atoms with van der Waals surface area (Å²) in [5.74, 6) is -2.40. The number of aliphatic hydroxyl groups is 1. The molecule has 1 atom stereocenters. The van der Waals surface area contributed by atoms with Crippen molar-refractivity contribution < 1.29 is 24.9 Å². The number of hydrogen-bond acceptors (Lipinski definition) is 4. The Balaban J connectivity index is 3.01. The van der Waals surface area contributed by atoms with Gasteiger partial charge in [-0.25, -0.2) is 4.79 Å². The quantitative estimate of drug-likeness (QED) is 0.706. The predicted octanol–water partition coefficient (Wildman–Crippen LogP) is 0.693. The van der Waals surface area contributed by atoms with Crippen LogP contribution >= 0.6 is 0 Å². The molecule has 3 N–H and O–H groups in total. The Morgan fingerprint density at radius 2 is 2.00 bits per heavy atom. The van der Waals surface area contributed by atoms with Crippen molar-refractivity contribution in [1.82, 2.24) is 0 Å². The van der Waals surface area contributed by atoms with Crippen LogP contribution in [0, 0.1) is 11.3 Å². The van der Waals surface area contributed by atoms with E-state index in [4.69, 9.17) is 15.5 Å². The number of carboxylic acid groups (broad SMARTS) is 2. The van der Waals surface area contributed by atoms with E-state index in [0.29, 0.717) is 5.56 Å². The molecule has 0 amide bonds. The van der Waals surface area contributed by atoms with Crippen LogP contribution in [0.15, 0.2) is 18.2 Å². The van der Waals surface area contributed by atoms with E-state index in [2.05, 4.69) is 0 Å². The molecular formula is C12H11NO5. The Hall–Kier alpha value is -2.39. The van der Waals surface area contributed by atoms with E-state index in [1.165, 1.54) is 18.2 Å². The summed E-state index contributed by atoms with van der Waals surface area (Å²) in [5, 5.41) is 35.5. The summed E-state index contributed by atoms with van der Waals surface area (Å²) < 4.78 is 0. The number of carbonyl (C=O) groups is 2. The fraction of sp³-hybridized carbons (Fsp3) is 0.250. The zero-order valence-electron chi connectivity index (χ0n) is 9.33. The van der Waals surface area contributed by atoms with Crippen molar-refractivity contribution in [2.24, 2.45) is 0 Å². The van der Waals surface area contributed by atoms with Gasteiger partial charge in [0, 0.05) is 12.0 Å². The monoisotopic (exact) mass is 249 g/mol. The Kier molecular flexibility index (Phi) is 4.40. The van der Waals surface area contributed by atoms with Crippen LogP contribution in [0.4, 0.5) is 0 Å². The maximum Gasteiger partial charge on any atom is 0.337 e. The lowest BCUT2D eigenvalue weighted by Crippen LogP contribution is -2.12. The molecule has 0 aromatic heterocycles. The molecule has 0 radical (unpaired) electrons. The van der Waals surface area contributed by atoms with Crippen molar-refractivity contribution in [3.63, 3.8) is 0 Å². The molecule has 0 heterocycles. The molecule has 0 aliphatic heterocycles. The van der Waals surface area contributed by atoms with Crippen molar-refractivity contribution >= 4 is 11.9 Å². The van der Waals surface area contributed by atoms with Gasteiger partial charge in [-0.2, -0.15) is 5.26 Å². The molecule has 1 aromatic carbocycles. The zero-order valence-corrected chi connectivity index (χ0v) is 9.33. The number of hydrogen-bond donors (Lipinski definition) is 3. The largest absolute Gasteiger partial charge is 0.481 e. The number of carboxylic acids is 2. The number of aryl methyl sites for hydroxylation is 1. The first-order valence-electron chi connectivity index (χ1n) is 5.11. The van der Waals surface area contributed by atoms with E-state index in [1.807, 2.05) is 0 Å². The fourth-order valence-electron chi connectivity index (χ4n) is 1.48. The maximum atomic E-state index is 10.6. The lowest BCUT2D eigenvalue weighted by molar-refractivity contribution is -0.147. The van der Waals surface area contributed by atoms with Crippen molar-refractivity contribution in [2.75, 3.05) is 0 Å². The SMILES string of the molecule is N#Cc1cc(CCC(=O)O)ccc1C(O)C(=O)O. The van der Waals surface area contributed by atoms with Gasteiger partial charge in [0.1, 0.15) is 0 Å². The van der Waals surface area contributed by atoms with Gasteiger partial charge in [-0.05, 0) is 18.1 Å². The van der Waals surface area contributed by atoms with Gasteiger partial charge in [0.15, 0.2) is 6.10 Å². The molecule has 0 aliphatic carbocycles. The standard InChI is InChI=1S/C12H11NO5/c13-6-8-5-7(2-4-10(14)15)1-3-9(8)11(16)12(17)18/h1,3,5,11,16H,2,4H2,(H,14,15)(H,17,18). The van der Waals surface area contributed by atoms with Gasteiger partial charge in [-0.1, -0.05) is 12.1 Å². The first-order chi connectivity index (χ1) is 8.45. The summed E-state index contributed by atoms with van der Waals surface area (Å²) in [6, 6.07) is 6.02. The van der Waals surface area contributed by atoms with Crippen LogP contribution in [0.25, 0.3) is 0 Å². The first-order valence-corrected chi connectivity index (χ1v) is 5.11. The summed E-state index contributed by atoms with van der Waals surface area (Å²) in [7, 11) is 0. The van der Waals surface area contributed by atoms with Crippen LogP contribution in [-0.2, 0) is 16.0 Å². The van der Waals surface area contributed by atoms with Crippen LogP contribution in [0.3, 0.4) is 0 Å². The number of benzene rings is 1. The summed E-state index contributed by atoms with van der Waals surface area (Å²) in [5.41, 5.74) is 0.646. The molecule has 6 heteroatoms. The number of nitrogens with zero attached hydrogens (tertiary/aromatic N) is 1. The average Bonchev–Trinajstić information content (AvgIpc) is 2.34. The molecule has 1 rings (SSSR count). The summed E-state index contributed by atoms with van der Waals surface area (Å²) in [4.78, 5) is 21.0. The number of nitriles is 1. The van der Waals surface area contributed by atoms with Crippen LogP contribution in [0.2, 0.25) is 0 Å². The van der Waals surface area contributed by atoms with Gasteiger partial charge in [-0.3, -0.25) is 4.79 Å². The molecule has 0 fully saturated rings. The third-order valence-electron chi connectivity index (χ3n) is 2.39. The summed E-state index contributed by atoms with van der Waals surface area (Å²) in [6.45, 7) is 0. The molecule has 0 saturated heterocycles. The smallest absolute Gasteiger partial charge is 0.337 e. The van der Waals surface area contributed by atoms with E-state index in [1.54, 1.807) is 6.07 Å². The lowest BCUT2D eigenvalue weighted by Gasteiger charge is -2.09. The van der Waals surface area contributed by atoms with Gasteiger partial charge in [0.2, 0.25) is 0 Å². The van der Waals surface area contributed by atoms with Gasteiger partial charge in [-0.15, -0.1) is 0 Å². The topological polar surface area (TPSA) is 119 Å². The summed E-state index contributed by atoms with van der Waals surface area (Å²) in [6.07, 6.45) is -1.59. The van der Waals surface area contributed by atoms with E-state index in [9.17, 15) is 14.7 Å². The van der Waals surface area contributed by atoms with Crippen LogP contribution < -0.4 is 0 Å². The molecule has 0 spiro atoms. The second kappa shape index (κ2) is 5.80. The Morgan fingerprint density at radius 1 is 1.33 bits per heavy atom. The second-order valence-corrected chi connectivity index (χ2v) is 3.67. The van der Waals surface area contributed by atoms with E-state index in [-0.39, 0.29) is 24.0 Å². The van der Waals surface area contributed by atoms with Crippen molar-refractivity contribution in [3.8, 4) is 6.07 Å². The molecule has 6 nitrogen and oxygen atoms in total. The highest BCUT2D eigenvalue weighted by atomic mass is 16.4. The van der Waals surface area contributed by atoms with Gasteiger partial charge < -0.3 is 15.3 Å². The van der Waals surface area contributed by atoms with E-state index in [0.717, 1.165) is 0 Å². The normalized spacial score (nSPS) is 11.6. The number of aliphatic carboxylic acids is 2. The second-order valence-electron chi connectivity index (χ2n) is 3.67. The van der Waals surface area contributed by atoms with Crippen LogP contribution in [-0.4, -0.2) is 27.3 Å². The highest BCUT2D eigenvalue weighted by Crippen LogP contribution is 2.20.